The molecule has 0 bridgehead atoms. The SMILES string of the molecule is CC=COC=CC.FC(F)(F)C1(F)OC1(F)F. The Balaban J connectivity index is 0.000000325. The van der Waals surface area contributed by atoms with Crippen LogP contribution in [0.15, 0.2) is 24.7 Å². The van der Waals surface area contributed by atoms with Gasteiger partial charge in [-0.05, 0) is 13.8 Å². The van der Waals surface area contributed by atoms with E-state index in [9.17, 15) is 26.3 Å². The summed E-state index contributed by atoms with van der Waals surface area (Å²) in [5.41, 5.74) is 0. The average molecular weight is 264 g/mol. The number of ether oxygens (including phenoxy) is 2. The third-order valence-corrected chi connectivity index (χ3v) is 1.40. The highest BCUT2D eigenvalue weighted by atomic mass is 19.4. The van der Waals surface area contributed by atoms with E-state index in [0.29, 0.717) is 0 Å². The van der Waals surface area contributed by atoms with Gasteiger partial charge in [-0.3, -0.25) is 4.74 Å². The lowest BCUT2D eigenvalue weighted by Crippen LogP contribution is -2.32. The van der Waals surface area contributed by atoms with Gasteiger partial charge in [-0.15, -0.1) is 0 Å². The first-order valence-electron chi connectivity index (χ1n) is 4.33. The van der Waals surface area contributed by atoms with E-state index in [1.54, 1.807) is 12.5 Å². The standard InChI is InChI=1S/C6H10O.C3F6O/c1-3-5-7-6-4-2;4-1(2(5,6)7)3(8,9)10-1/h3-6H,1-2H3;. The molecule has 8 heteroatoms. The van der Waals surface area contributed by atoms with Gasteiger partial charge in [0.1, 0.15) is 0 Å². The van der Waals surface area contributed by atoms with Gasteiger partial charge in [-0.1, -0.05) is 12.2 Å². The summed E-state index contributed by atoms with van der Waals surface area (Å²) in [6, 6.07) is 0. The van der Waals surface area contributed by atoms with Crippen LogP contribution in [0, 0.1) is 0 Å². The van der Waals surface area contributed by atoms with Gasteiger partial charge in [-0.2, -0.15) is 26.3 Å². The van der Waals surface area contributed by atoms with Crippen molar-refractivity contribution in [1.29, 1.82) is 0 Å². The summed E-state index contributed by atoms with van der Waals surface area (Å²) in [6.07, 6.45) is -3.44. The Labute approximate surface area is 93.5 Å². The third kappa shape index (κ3) is 3.95. The second-order valence-electron chi connectivity index (χ2n) is 2.79. The van der Waals surface area contributed by atoms with Gasteiger partial charge in [0.25, 0.3) is 0 Å². The van der Waals surface area contributed by atoms with Crippen molar-refractivity contribution in [2.45, 2.75) is 32.0 Å². The van der Waals surface area contributed by atoms with Gasteiger partial charge in [0.15, 0.2) is 0 Å². The molecule has 1 aliphatic heterocycles. The van der Waals surface area contributed by atoms with Crippen LogP contribution in [0.25, 0.3) is 0 Å². The number of hydrogen-bond donors (Lipinski definition) is 0. The van der Waals surface area contributed by atoms with Crippen LogP contribution in [0.2, 0.25) is 0 Å². The predicted molar refractivity (Wildman–Crippen MR) is 46.6 cm³/mol. The topological polar surface area (TPSA) is 21.8 Å². The number of halogens is 6. The molecule has 0 aromatic rings. The number of hydrogen-bond acceptors (Lipinski definition) is 2. The normalized spacial score (nSPS) is 26.8. The monoisotopic (exact) mass is 264 g/mol. The van der Waals surface area contributed by atoms with E-state index < -0.39 is 18.1 Å². The van der Waals surface area contributed by atoms with Crippen molar-refractivity contribution < 1.29 is 35.8 Å². The van der Waals surface area contributed by atoms with Crippen LogP contribution < -0.4 is 0 Å². The first-order chi connectivity index (χ1) is 7.62. The molecule has 1 heterocycles. The summed E-state index contributed by atoms with van der Waals surface area (Å²) in [4.78, 5) is 0. The van der Waals surface area contributed by atoms with E-state index in [0.717, 1.165) is 0 Å². The highest BCUT2D eigenvalue weighted by Crippen LogP contribution is 2.60. The number of alkyl halides is 6. The molecule has 0 aromatic carbocycles. The molecule has 1 rings (SSSR count). The van der Waals surface area contributed by atoms with Crippen LogP contribution in [-0.4, -0.2) is 18.1 Å². The highest BCUT2D eigenvalue weighted by molar-refractivity contribution is 4.99. The van der Waals surface area contributed by atoms with Crippen LogP contribution in [0.5, 0.6) is 0 Å². The highest BCUT2D eigenvalue weighted by Gasteiger charge is 2.90. The molecule has 0 radical (unpaired) electrons. The largest absolute Gasteiger partial charge is 0.473 e. The Bertz CT molecular complexity index is 286. The molecule has 0 aromatic heterocycles. The maximum atomic E-state index is 11.7. The Hall–Kier alpha value is -1.18. The summed E-state index contributed by atoms with van der Waals surface area (Å²) in [5.74, 6) is -4.75. The minimum absolute atomic E-state index is 1.62. The molecule has 0 N–H and O–H groups in total. The minimum Gasteiger partial charge on any atom is -0.473 e. The Morgan fingerprint density at radius 3 is 1.47 bits per heavy atom. The maximum absolute atomic E-state index is 11.7. The van der Waals surface area contributed by atoms with E-state index in [-0.39, 0.29) is 0 Å². The lowest BCUT2D eigenvalue weighted by Gasteiger charge is -2.04. The summed E-state index contributed by atoms with van der Waals surface area (Å²) >= 11 is 0. The number of allylic oxidation sites excluding steroid dienone is 2. The molecule has 0 saturated carbocycles. The zero-order valence-corrected chi connectivity index (χ0v) is 8.89. The quantitative estimate of drug-likeness (QED) is 0.428. The lowest BCUT2D eigenvalue weighted by molar-refractivity contribution is -0.231. The van der Waals surface area contributed by atoms with Gasteiger partial charge in [0, 0.05) is 0 Å². The van der Waals surface area contributed by atoms with E-state index >= 15 is 0 Å². The lowest BCUT2D eigenvalue weighted by atomic mass is 10.4. The molecule has 1 saturated heterocycles. The maximum Gasteiger partial charge on any atom is 0.458 e. The van der Waals surface area contributed by atoms with Gasteiger partial charge in [-0.25, -0.2) is 0 Å². The van der Waals surface area contributed by atoms with Crippen molar-refractivity contribution in [2.24, 2.45) is 0 Å². The average Bonchev–Trinajstić information content (AvgIpc) is 2.69. The first-order valence-corrected chi connectivity index (χ1v) is 4.33. The second-order valence-corrected chi connectivity index (χ2v) is 2.79. The van der Waals surface area contributed by atoms with E-state index in [4.69, 9.17) is 4.74 Å². The zero-order valence-electron chi connectivity index (χ0n) is 8.89. The molecule has 0 aliphatic carbocycles. The van der Waals surface area contributed by atoms with Gasteiger partial charge >= 0.3 is 18.1 Å². The fourth-order valence-corrected chi connectivity index (χ4v) is 0.576. The van der Waals surface area contributed by atoms with Crippen molar-refractivity contribution in [1.82, 2.24) is 0 Å². The molecule has 1 atom stereocenters. The van der Waals surface area contributed by atoms with Gasteiger partial charge in [0.05, 0.1) is 12.5 Å². The van der Waals surface area contributed by atoms with Crippen molar-refractivity contribution in [3.8, 4) is 0 Å². The van der Waals surface area contributed by atoms with Crippen molar-refractivity contribution in [3.05, 3.63) is 24.7 Å². The zero-order chi connectivity index (χ0) is 13.7. The molecule has 2 nitrogen and oxygen atoms in total. The number of rotatable bonds is 2. The Morgan fingerprint density at radius 2 is 1.35 bits per heavy atom. The first kappa shape index (κ1) is 15.8. The van der Waals surface area contributed by atoms with Crippen molar-refractivity contribution in [2.75, 3.05) is 0 Å². The van der Waals surface area contributed by atoms with Gasteiger partial charge in [0.2, 0.25) is 0 Å². The predicted octanol–water partition coefficient (Wildman–Crippen LogP) is 3.91. The number of epoxide rings is 1. The van der Waals surface area contributed by atoms with Crippen LogP contribution in [-0.2, 0) is 9.47 Å². The Kier molecular flexibility index (Phi) is 5.06. The fraction of sp³-hybridized carbons (Fsp3) is 0.556. The second kappa shape index (κ2) is 5.44. The van der Waals surface area contributed by atoms with Crippen LogP contribution in [0.4, 0.5) is 26.3 Å². The molecule has 1 unspecified atom stereocenters. The molecule has 17 heavy (non-hydrogen) atoms. The molecule has 100 valence electrons. The van der Waals surface area contributed by atoms with Crippen LogP contribution >= 0.6 is 0 Å². The fourth-order valence-electron chi connectivity index (χ4n) is 0.576. The Morgan fingerprint density at radius 1 is 1.00 bits per heavy atom. The van der Waals surface area contributed by atoms with Crippen LogP contribution in [0.1, 0.15) is 13.8 Å². The molecular formula is C9H10F6O2. The summed E-state index contributed by atoms with van der Waals surface area (Å²) in [6.45, 7) is 3.81. The van der Waals surface area contributed by atoms with Crippen molar-refractivity contribution >= 4 is 0 Å². The smallest absolute Gasteiger partial charge is 0.458 e. The molecule has 1 aliphatic rings. The molecular weight excluding hydrogens is 254 g/mol. The van der Waals surface area contributed by atoms with Gasteiger partial charge < -0.3 is 4.74 Å². The minimum atomic E-state index is -5.66. The molecule has 0 amide bonds. The summed E-state index contributed by atoms with van der Waals surface area (Å²) in [7, 11) is 0. The van der Waals surface area contributed by atoms with E-state index in [2.05, 4.69) is 4.74 Å². The van der Waals surface area contributed by atoms with E-state index in [1.165, 1.54) is 0 Å². The summed E-state index contributed by atoms with van der Waals surface area (Å²) in [5, 5.41) is 0. The molecule has 0 spiro atoms. The third-order valence-electron chi connectivity index (χ3n) is 1.40. The summed E-state index contributed by atoms with van der Waals surface area (Å²) < 4.78 is 75.1. The molecule has 1 fully saturated rings. The van der Waals surface area contributed by atoms with Crippen LogP contribution in [0.3, 0.4) is 0 Å². The van der Waals surface area contributed by atoms with E-state index in [1.807, 2.05) is 26.0 Å². The van der Waals surface area contributed by atoms with Crippen molar-refractivity contribution in [3.63, 3.8) is 0 Å².